The average Bonchev–Trinajstić information content (AvgIpc) is 2.39. The van der Waals surface area contributed by atoms with Crippen LogP contribution in [0.15, 0.2) is 18.2 Å². The summed E-state index contributed by atoms with van der Waals surface area (Å²) in [5, 5.41) is 3.03. The summed E-state index contributed by atoms with van der Waals surface area (Å²) in [4.78, 5) is 14.1. The standard InChI is InChI=1S/C15H21N3OS/c1-10-5-7-18(8-6-10)12-3-4-14(17-15(16)20)13(9-12)11(2)19/h3-4,9-10H,5-8H2,1-2H3,(H3,16,17,20). The molecule has 0 spiro atoms. The second kappa shape index (κ2) is 6.22. The molecule has 1 aliphatic rings. The molecule has 1 saturated heterocycles. The highest BCUT2D eigenvalue weighted by Crippen LogP contribution is 2.27. The van der Waals surface area contributed by atoms with Gasteiger partial charge in [0.25, 0.3) is 0 Å². The van der Waals surface area contributed by atoms with Gasteiger partial charge in [-0.1, -0.05) is 6.92 Å². The molecule has 0 atom stereocenters. The predicted octanol–water partition coefficient (Wildman–Crippen LogP) is 2.78. The van der Waals surface area contributed by atoms with Crippen LogP contribution in [0, 0.1) is 5.92 Å². The van der Waals surface area contributed by atoms with Gasteiger partial charge in [-0.2, -0.15) is 0 Å². The van der Waals surface area contributed by atoms with Crippen LogP contribution >= 0.6 is 12.2 Å². The smallest absolute Gasteiger partial charge is 0.168 e. The molecule has 1 heterocycles. The van der Waals surface area contributed by atoms with Gasteiger partial charge in [0.15, 0.2) is 10.9 Å². The number of anilines is 2. The molecule has 0 amide bonds. The van der Waals surface area contributed by atoms with Crippen molar-refractivity contribution in [3.05, 3.63) is 23.8 Å². The Balaban J connectivity index is 2.25. The Morgan fingerprint density at radius 1 is 1.40 bits per heavy atom. The van der Waals surface area contributed by atoms with E-state index in [9.17, 15) is 4.79 Å². The van der Waals surface area contributed by atoms with E-state index in [2.05, 4.69) is 17.1 Å². The van der Waals surface area contributed by atoms with Crippen molar-refractivity contribution in [2.75, 3.05) is 23.3 Å². The number of hydrogen-bond donors (Lipinski definition) is 2. The Labute approximate surface area is 125 Å². The third kappa shape index (κ3) is 3.48. The second-order valence-electron chi connectivity index (χ2n) is 5.44. The average molecular weight is 291 g/mol. The van der Waals surface area contributed by atoms with Crippen LogP contribution in [-0.2, 0) is 0 Å². The van der Waals surface area contributed by atoms with Crippen LogP contribution < -0.4 is 16.0 Å². The van der Waals surface area contributed by atoms with Crippen molar-refractivity contribution in [2.24, 2.45) is 11.7 Å². The number of thiocarbonyl (C=S) groups is 1. The topological polar surface area (TPSA) is 58.4 Å². The summed E-state index contributed by atoms with van der Waals surface area (Å²) in [7, 11) is 0. The number of nitrogens with zero attached hydrogens (tertiary/aromatic N) is 1. The zero-order chi connectivity index (χ0) is 14.7. The minimum Gasteiger partial charge on any atom is -0.376 e. The van der Waals surface area contributed by atoms with Crippen molar-refractivity contribution in [3.63, 3.8) is 0 Å². The highest BCUT2D eigenvalue weighted by molar-refractivity contribution is 7.80. The van der Waals surface area contributed by atoms with Gasteiger partial charge in [0.2, 0.25) is 0 Å². The van der Waals surface area contributed by atoms with Crippen LogP contribution in [-0.4, -0.2) is 24.0 Å². The van der Waals surface area contributed by atoms with Crippen LogP contribution in [0.25, 0.3) is 0 Å². The highest BCUT2D eigenvalue weighted by Gasteiger charge is 2.18. The van der Waals surface area contributed by atoms with Crippen molar-refractivity contribution >= 4 is 34.5 Å². The second-order valence-corrected chi connectivity index (χ2v) is 5.88. The molecule has 0 radical (unpaired) electrons. The van der Waals surface area contributed by atoms with E-state index in [1.807, 2.05) is 18.2 Å². The number of nitrogens with one attached hydrogen (secondary N) is 1. The molecule has 2 rings (SSSR count). The number of rotatable bonds is 3. The fourth-order valence-electron chi connectivity index (χ4n) is 2.53. The Morgan fingerprint density at radius 2 is 2.05 bits per heavy atom. The number of Topliss-reactive ketones (excluding diaryl/α,β-unsaturated/α-hetero) is 1. The van der Waals surface area contributed by atoms with Gasteiger partial charge in [-0.3, -0.25) is 4.79 Å². The van der Waals surface area contributed by atoms with Gasteiger partial charge in [-0.15, -0.1) is 0 Å². The first-order valence-electron chi connectivity index (χ1n) is 6.93. The van der Waals surface area contributed by atoms with Gasteiger partial charge in [0.05, 0.1) is 5.69 Å². The maximum atomic E-state index is 11.8. The summed E-state index contributed by atoms with van der Waals surface area (Å²) < 4.78 is 0. The number of hydrogen-bond acceptors (Lipinski definition) is 3. The number of carbonyl (C=O) groups is 1. The maximum Gasteiger partial charge on any atom is 0.168 e. The lowest BCUT2D eigenvalue weighted by Crippen LogP contribution is -2.32. The molecule has 20 heavy (non-hydrogen) atoms. The number of nitrogens with two attached hydrogens (primary N) is 1. The van der Waals surface area contributed by atoms with E-state index in [0.717, 1.165) is 24.7 Å². The Bertz CT molecular complexity index is 522. The molecule has 0 bridgehead atoms. The van der Waals surface area contributed by atoms with Crippen molar-refractivity contribution in [2.45, 2.75) is 26.7 Å². The molecule has 108 valence electrons. The molecular formula is C15H21N3OS. The molecule has 5 heteroatoms. The molecule has 1 fully saturated rings. The lowest BCUT2D eigenvalue weighted by atomic mass is 9.98. The first-order valence-corrected chi connectivity index (χ1v) is 7.34. The van der Waals surface area contributed by atoms with E-state index in [-0.39, 0.29) is 10.9 Å². The number of piperidine rings is 1. The van der Waals surface area contributed by atoms with E-state index in [4.69, 9.17) is 18.0 Å². The van der Waals surface area contributed by atoms with Crippen molar-refractivity contribution < 1.29 is 4.79 Å². The highest BCUT2D eigenvalue weighted by atomic mass is 32.1. The number of carbonyl (C=O) groups excluding carboxylic acids is 1. The molecule has 0 aliphatic carbocycles. The van der Waals surface area contributed by atoms with Gasteiger partial charge in [0.1, 0.15) is 0 Å². The SMILES string of the molecule is CC(=O)c1cc(N2CCC(C)CC2)ccc1NC(N)=S. The predicted molar refractivity (Wildman–Crippen MR) is 87.5 cm³/mol. The molecule has 1 aromatic rings. The third-order valence-electron chi connectivity index (χ3n) is 3.79. The Kier molecular flexibility index (Phi) is 4.60. The quantitative estimate of drug-likeness (QED) is 0.662. The fourth-order valence-corrected chi connectivity index (χ4v) is 2.64. The van der Waals surface area contributed by atoms with Crippen LogP contribution in [0.3, 0.4) is 0 Å². The van der Waals surface area contributed by atoms with Gasteiger partial charge in [0, 0.05) is 24.3 Å². The molecular weight excluding hydrogens is 270 g/mol. The molecule has 1 aromatic carbocycles. The first-order chi connectivity index (χ1) is 9.47. The largest absolute Gasteiger partial charge is 0.376 e. The van der Waals surface area contributed by atoms with Crippen LogP contribution in [0.4, 0.5) is 11.4 Å². The van der Waals surface area contributed by atoms with Gasteiger partial charge >= 0.3 is 0 Å². The first kappa shape index (κ1) is 14.8. The lowest BCUT2D eigenvalue weighted by molar-refractivity contribution is 0.101. The molecule has 3 N–H and O–H groups in total. The molecule has 0 saturated carbocycles. The van der Waals surface area contributed by atoms with Crippen LogP contribution in [0.1, 0.15) is 37.0 Å². The molecule has 4 nitrogen and oxygen atoms in total. The fraction of sp³-hybridized carbons (Fsp3) is 0.467. The summed E-state index contributed by atoms with van der Waals surface area (Å²) in [5.41, 5.74) is 7.89. The molecule has 1 aliphatic heterocycles. The Hall–Kier alpha value is -1.62. The zero-order valence-corrected chi connectivity index (χ0v) is 12.8. The van der Waals surface area contributed by atoms with Gasteiger partial charge < -0.3 is 16.0 Å². The normalized spacial score (nSPS) is 16.0. The van der Waals surface area contributed by atoms with Crippen molar-refractivity contribution in [1.82, 2.24) is 0 Å². The monoisotopic (exact) mass is 291 g/mol. The van der Waals surface area contributed by atoms with E-state index in [1.165, 1.54) is 12.8 Å². The van der Waals surface area contributed by atoms with E-state index in [1.54, 1.807) is 6.92 Å². The molecule has 0 unspecified atom stereocenters. The van der Waals surface area contributed by atoms with Gasteiger partial charge in [-0.25, -0.2) is 0 Å². The minimum absolute atomic E-state index is 0.0102. The Morgan fingerprint density at radius 3 is 2.60 bits per heavy atom. The van der Waals surface area contributed by atoms with E-state index >= 15 is 0 Å². The van der Waals surface area contributed by atoms with Crippen LogP contribution in [0.5, 0.6) is 0 Å². The summed E-state index contributed by atoms with van der Waals surface area (Å²) in [6.45, 7) is 5.93. The van der Waals surface area contributed by atoms with Gasteiger partial charge in [-0.05, 0) is 56.1 Å². The zero-order valence-electron chi connectivity index (χ0n) is 12.0. The van der Waals surface area contributed by atoms with Crippen molar-refractivity contribution in [1.29, 1.82) is 0 Å². The summed E-state index contributed by atoms with van der Waals surface area (Å²) in [5.74, 6) is 0.796. The number of benzene rings is 1. The summed E-state index contributed by atoms with van der Waals surface area (Å²) in [6.07, 6.45) is 2.39. The minimum atomic E-state index is 0.0102. The third-order valence-corrected chi connectivity index (χ3v) is 3.89. The molecule has 0 aromatic heterocycles. The number of ketones is 1. The summed E-state index contributed by atoms with van der Waals surface area (Å²) in [6, 6.07) is 5.82. The summed E-state index contributed by atoms with van der Waals surface area (Å²) >= 11 is 4.84. The lowest BCUT2D eigenvalue weighted by Gasteiger charge is -2.32. The van der Waals surface area contributed by atoms with Crippen molar-refractivity contribution in [3.8, 4) is 0 Å². The maximum absolute atomic E-state index is 11.8. The van der Waals surface area contributed by atoms with Crippen LogP contribution in [0.2, 0.25) is 0 Å². The van der Waals surface area contributed by atoms with E-state index in [0.29, 0.717) is 11.3 Å². The van der Waals surface area contributed by atoms with E-state index < -0.39 is 0 Å².